The number of hydrogen-bond donors (Lipinski definition) is 0. The van der Waals surface area contributed by atoms with Gasteiger partial charge in [-0.3, -0.25) is 4.79 Å². The summed E-state index contributed by atoms with van der Waals surface area (Å²) in [7, 11) is 0. The molecule has 3 rings (SSSR count). The first kappa shape index (κ1) is 13.6. The third kappa shape index (κ3) is 2.73. The van der Waals surface area contributed by atoms with E-state index in [4.69, 9.17) is 16.3 Å². The Hall–Kier alpha value is -1.36. The van der Waals surface area contributed by atoms with Crippen molar-refractivity contribution in [3.8, 4) is 0 Å². The minimum Gasteiger partial charge on any atom is -0.378 e. The zero-order valence-electron chi connectivity index (χ0n) is 10.8. The molecule has 1 aromatic carbocycles. The molecule has 0 radical (unpaired) electrons. The van der Waals surface area contributed by atoms with E-state index in [9.17, 15) is 4.79 Å². The first-order valence-electron chi connectivity index (χ1n) is 6.47. The molecule has 0 bridgehead atoms. The lowest BCUT2D eigenvalue weighted by Crippen LogP contribution is -2.35. The number of carbonyl (C=O) groups is 1. The van der Waals surface area contributed by atoms with Gasteiger partial charge in [-0.1, -0.05) is 23.7 Å². The van der Waals surface area contributed by atoms with Gasteiger partial charge in [0, 0.05) is 18.7 Å². The quantitative estimate of drug-likeness (QED) is 0.813. The Balaban J connectivity index is 1.83. The van der Waals surface area contributed by atoms with Crippen LogP contribution in [0.5, 0.6) is 0 Å². The van der Waals surface area contributed by atoms with E-state index >= 15 is 0 Å². The normalized spacial score (nSPS) is 15.3. The van der Waals surface area contributed by atoms with Crippen molar-refractivity contribution in [1.82, 2.24) is 0 Å². The van der Waals surface area contributed by atoms with Gasteiger partial charge in [-0.25, -0.2) is 0 Å². The number of nitrogens with zero attached hydrogens (tertiary/aromatic N) is 1. The Morgan fingerprint density at radius 1 is 1.15 bits per heavy atom. The van der Waals surface area contributed by atoms with Crippen LogP contribution < -0.4 is 4.90 Å². The third-order valence-corrected chi connectivity index (χ3v) is 4.73. The number of thiophene rings is 1. The molecule has 2 aromatic rings. The number of halogens is 1. The lowest BCUT2D eigenvalue weighted by atomic mass is 10.1. The van der Waals surface area contributed by atoms with Gasteiger partial charge < -0.3 is 9.64 Å². The van der Waals surface area contributed by atoms with Crippen LogP contribution in [-0.4, -0.2) is 32.1 Å². The van der Waals surface area contributed by atoms with Gasteiger partial charge in [0.15, 0.2) is 0 Å². The van der Waals surface area contributed by atoms with Gasteiger partial charge in [-0.05, 0) is 24.3 Å². The van der Waals surface area contributed by atoms with Gasteiger partial charge in [-0.2, -0.15) is 0 Å². The zero-order valence-corrected chi connectivity index (χ0v) is 12.4. The van der Waals surface area contributed by atoms with Crippen molar-refractivity contribution in [2.45, 2.75) is 0 Å². The van der Waals surface area contributed by atoms with E-state index in [1.807, 2.05) is 24.3 Å². The fraction of sp³-hybridized carbons (Fsp3) is 0.267. The van der Waals surface area contributed by atoms with Gasteiger partial charge >= 0.3 is 0 Å². The Morgan fingerprint density at radius 3 is 2.65 bits per heavy atom. The molecule has 1 aromatic heterocycles. The molecule has 2 heterocycles. The SMILES string of the molecule is O=C(c1ccc(N2CCOCC2)s1)c1ccccc1Cl. The second-order valence-corrected chi connectivity index (χ2v) is 6.02. The van der Waals surface area contributed by atoms with Crippen molar-refractivity contribution < 1.29 is 9.53 Å². The van der Waals surface area contributed by atoms with E-state index in [-0.39, 0.29) is 5.78 Å². The maximum Gasteiger partial charge on any atom is 0.204 e. The highest BCUT2D eigenvalue weighted by molar-refractivity contribution is 7.18. The summed E-state index contributed by atoms with van der Waals surface area (Å²) in [4.78, 5) is 15.4. The van der Waals surface area contributed by atoms with Crippen LogP contribution in [0.1, 0.15) is 15.2 Å². The average Bonchev–Trinajstić information content (AvgIpc) is 2.98. The highest BCUT2D eigenvalue weighted by Gasteiger charge is 2.18. The second kappa shape index (κ2) is 5.95. The second-order valence-electron chi connectivity index (χ2n) is 4.55. The average molecular weight is 308 g/mol. The number of morpholine rings is 1. The van der Waals surface area contributed by atoms with E-state index in [1.54, 1.807) is 12.1 Å². The van der Waals surface area contributed by atoms with Gasteiger partial charge in [-0.15, -0.1) is 11.3 Å². The van der Waals surface area contributed by atoms with Crippen LogP contribution >= 0.6 is 22.9 Å². The number of ketones is 1. The fourth-order valence-corrected chi connectivity index (χ4v) is 3.41. The lowest BCUT2D eigenvalue weighted by Gasteiger charge is -2.27. The molecule has 1 saturated heterocycles. The minimum atomic E-state index is -0.0138. The summed E-state index contributed by atoms with van der Waals surface area (Å²) in [6.45, 7) is 3.23. The summed E-state index contributed by atoms with van der Waals surface area (Å²) >= 11 is 7.59. The van der Waals surface area contributed by atoms with Crippen LogP contribution in [0, 0.1) is 0 Å². The molecule has 104 valence electrons. The smallest absolute Gasteiger partial charge is 0.204 e. The van der Waals surface area contributed by atoms with E-state index in [0.717, 1.165) is 36.2 Å². The Labute approximate surface area is 126 Å². The van der Waals surface area contributed by atoms with E-state index in [1.165, 1.54) is 11.3 Å². The molecule has 1 fully saturated rings. The molecule has 0 spiro atoms. The van der Waals surface area contributed by atoms with Crippen LogP contribution in [0.25, 0.3) is 0 Å². The highest BCUT2D eigenvalue weighted by Crippen LogP contribution is 2.29. The van der Waals surface area contributed by atoms with Gasteiger partial charge in [0.1, 0.15) is 0 Å². The Kier molecular flexibility index (Phi) is 4.05. The predicted octanol–water partition coefficient (Wildman–Crippen LogP) is 3.47. The van der Waals surface area contributed by atoms with Crippen molar-refractivity contribution in [1.29, 1.82) is 0 Å². The summed E-state index contributed by atoms with van der Waals surface area (Å²) in [5.41, 5.74) is 0.560. The summed E-state index contributed by atoms with van der Waals surface area (Å²) in [5, 5.41) is 1.61. The molecule has 1 aliphatic heterocycles. The van der Waals surface area contributed by atoms with Crippen molar-refractivity contribution in [3.63, 3.8) is 0 Å². The van der Waals surface area contributed by atoms with Crippen molar-refractivity contribution in [2.24, 2.45) is 0 Å². The predicted molar refractivity (Wildman–Crippen MR) is 82.2 cm³/mol. The van der Waals surface area contributed by atoms with Crippen molar-refractivity contribution in [3.05, 3.63) is 51.9 Å². The standard InChI is InChI=1S/C15H14ClNO2S/c16-12-4-2-1-3-11(12)15(18)13-5-6-14(20-13)17-7-9-19-10-8-17/h1-6H,7-10H2. The topological polar surface area (TPSA) is 29.5 Å². The van der Waals surface area contributed by atoms with Gasteiger partial charge in [0.05, 0.1) is 28.1 Å². The fourth-order valence-electron chi connectivity index (χ4n) is 2.18. The van der Waals surface area contributed by atoms with Crippen LogP contribution in [0.15, 0.2) is 36.4 Å². The molecule has 0 unspecified atom stereocenters. The molecule has 0 aliphatic carbocycles. The highest BCUT2D eigenvalue weighted by atomic mass is 35.5. The third-order valence-electron chi connectivity index (χ3n) is 3.26. The van der Waals surface area contributed by atoms with Gasteiger partial charge in [0.25, 0.3) is 0 Å². The summed E-state index contributed by atoms with van der Waals surface area (Å²) in [5.74, 6) is -0.0138. The molecular formula is C15H14ClNO2S. The van der Waals surface area contributed by atoms with E-state index in [0.29, 0.717) is 10.6 Å². The first-order chi connectivity index (χ1) is 9.75. The van der Waals surface area contributed by atoms with Gasteiger partial charge in [0.2, 0.25) is 5.78 Å². The number of hydrogen-bond acceptors (Lipinski definition) is 4. The summed E-state index contributed by atoms with van der Waals surface area (Å²) < 4.78 is 5.34. The van der Waals surface area contributed by atoms with Crippen LogP contribution in [0.3, 0.4) is 0 Å². The minimum absolute atomic E-state index is 0.0138. The first-order valence-corrected chi connectivity index (χ1v) is 7.67. The molecule has 0 atom stereocenters. The lowest BCUT2D eigenvalue weighted by molar-refractivity contribution is 0.104. The van der Waals surface area contributed by atoms with Crippen molar-refractivity contribution >= 4 is 33.7 Å². The Morgan fingerprint density at radius 2 is 1.90 bits per heavy atom. The van der Waals surface area contributed by atoms with Crippen LogP contribution in [0.2, 0.25) is 5.02 Å². The largest absolute Gasteiger partial charge is 0.378 e. The van der Waals surface area contributed by atoms with Crippen molar-refractivity contribution in [2.75, 3.05) is 31.2 Å². The number of rotatable bonds is 3. The number of benzene rings is 1. The van der Waals surface area contributed by atoms with Crippen LogP contribution in [-0.2, 0) is 4.74 Å². The molecular weight excluding hydrogens is 294 g/mol. The molecule has 1 aliphatic rings. The van der Waals surface area contributed by atoms with E-state index < -0.39 is 0 Å². The maximum absolute atomic E-state index is 12.4. The summed E-state index contributed by atoms with van der Waals surface area (Å²) in [6.07, 6.45) is 0. The number of anilines is 1. The number of ether oxygens (including phenoxy) is 1. The Bertz CT molecular complexity index is 620. The molecule has 0 saturated carbocycles. The summed E-state index contributed by atoms with van der Waals surface area (Å²) in [6, 6.07) is 11.0. The van der Waals surface area contributed by atoms with Crippen LogP contribution in [0.4, 0.5) is 5.00 Å². The molecule has 3 nitrogen and oxygen atoms in total. The molecule has 0 N–H and O–H groups in total. The maximum atomic E-state index is 12.4. The zero-order chi connectivity index (χ0) is 13.9. The number of carbonyl (C=O) groups excluding carboxylic acids is 1. The molecule has 5 heteroatoms. The molecule has 20 heavy (non-hydrogen) atoms. The van der Waals surface area contributed by atoms with E-state index in [2.05, 4.69) is 4.90 Å². The monoisotopic (exact) mass is 307 g/mol. The molecule has 0 amide bonds.